The standard InChI is InChI=1S/C25H16BrClN2O5S/c26-16-10-11-20(34-24(32)18-8-4-5-9-19(18)27)15(12-16)13-21-23(31)29(25(33)35-21)14-22(30)28-17-6-2-1-3-7-17/h1-13H,14H2,(H,28,30)/b21-13-. The van der Waals surface area contributed by atoms with Crippen molar-refractivity contribution in [1.29, 1.82) is 0 Å². The molecule has 0 bridgehead atoms. The van der Waals surface area contributed by atoms with Crippen LogP contribution in [0.4, 0.5) is 10.5 Å². The number of halogens is 2. The number of hydrogen-bond acceptors (Lipinski definition) is 6. The molecule has 176 valence electrons. The highest BCUT2D eigenvalue weighted by molar-refractivity contribution is 9.10. The van der Waals surface area contributed by atoms with Crippen LogP contribution in [0.25, 0.3) is 6.08 Å². The van der Waals surface area contributed by atoms with Gasteiger partial charge in [0.1, 0.15) is 12.3 Å². The van der Waals surface area contributed by atoms with Gasteiger partial charge in [0.15, 0.2) is 0 Å². The van der Waals surface area contributed by atoms with Gasteiger partial charge in [0.25, 0.3) is 11.1 Å². The molecule has 1 fully saturated rings. The number of thioether (sulfide) groups is 1. The molecule has 4 rings (SSSR count). The molecule has 3 aromatic carbocycles. The van der Waals surface area contributed by atoms with Crippen molar-refractivity contribution in [3.63, 3.8) is 0 Å². The van der Waals surface area contributed by atoms with Crippen LogP contribution in [0, 0.1) is 0 Å². The molecule has 0 aromatic heterocycles. The summed E-state index contributed by atoms with van der Waals surface area (Å²) in [6.07, 6.45) is 1.44. The largest absolute Gasteiger partial charge is 0.422 e. The zero-order chi connectivity index (χ0) is 24.9. The molecular weight excluding hydrogens is 556 g/mol. The first-order chi connectivity index (χ1) is 16.8. The summed E-state index contributed by atoms with van der Waals surface area (Å²) in [6, 6.07) is 20.1. The number of esters is 1. The van der Waals surface area contributed by atoms with Crippen LogP contribution >= 0.6 is 39.3 Å². The van der Waals surface area contributed by atoms with Gasteiger partial charge >= 0.3 is 5.97 Å². The van der Waals surface area contributed by atoms with E-state index < -0.39 is 29.6 Å². The minimum atomic E-state index is -0.668. The Morgan fingerprint density at radius 3 is 2.49 bits per heavy atom. The van der Waals surface area contributed by atoms with E-state index in [1.54, 1.807) is 66.7 Å². The van der Waals surface area contributed by atoms with Gasteiger partial charge in [-0.05, 0) is 60.3 Å². The molecular formula is C25H16BrClN2O5S. The molecule has 0 radical (unpaired) electrons. The van der Waals surface area contributed by atoms with E-state index in [-0.39, 0.29) is 21.2 Å². The first-order valence-electron chi connectivity index (χ1n) is 10.2. The molecule has 1 saturated heterocycles. The molecule has 1 N–H and O–H groups in total. The number of nitrogens with zero attached hydrogens (tertiary/aromatic N) is 1. The van der Waals surface area contributed by atoms with Crippen molar-refractivity contribution >= 4 is 74.1 Å². The number of para-hydroxylation sites is 1. The van der Waals surface area contributed by atoms with E-state index in [9.17, 15) is 19.2 Å². The van der Waals surface area contributed by atoms with Crippen molar-refractivity contribution in [1.82, 2.24) is 4.90 Å². The van der Waals surface area contributed by atoms with Crippen molar-refractivity contribution in [3.8, 4) is 5.75 Å². The minimum absolute atomic E-state index is 0.0932. The van der Waals surface area contributed by atoms with E-state index in [1.165, 1.54) is 12.1 Å². The van der Waals surface area contributed by atoms with Crippen LogP contribution < -0.4 is 10.1 Å². The quantitative estimate of drug-likeness (QED) is 0.222. The smallest absolute Gasteiger partial charge is 0.345 e. The first kappa shape index (κ1) is 24.7. The molecule has 10 heteroatoms. The SMILES string of the molecule is O=C(CN1C(=O)S/C(=C\c2cc(Br)ccc2OC(=O)c2ccccc2Cl)C1=O)Nc1ccccc1. The summed E-state index contributed by atoms with van der Waals surface area (Å²) in [4.78, 5) is 51.3. The molecule has 3 amide bonds. The Hall–Kier alpha value is -3.40. The fourth-order valence-corrected chi connectivity index (χ4v) is 4.57. The summed E-state index contributed by atoms with van der Waals surface area (Å²) < 4.78 is 6.19. The minimum Gasteiger partial charge on any atom is -0.422 e. The normalized spacial score (nSPS) is 14.3. The molecule has 1 aliphatic rings. The average molecular weight is 572 g/mol. The summed E-state index contributed by atoms with van der Waals surface area (Å²) in [5, 5.41) is 2.31. The summed E-state index contributed by atoms with van der Waals surface area (Å²) in [5.74, 6) is -1.62. The van der Waals surface area contributed by atoms with Gasteiger partial charge in [-0.2, -0.15) is 0 Å². The molecule has 0 atom stereocenters. The van der Waals surface area contributed by atoms with Crippen molar-refractivity contribution in [2.24, 2.45) is 0 Å². The van der Waals surface area contributed by atoms with Gasteiger partial charge in [0.05, 0.1) is 15.5 Å². The average Bonchev–Trinajstić information content (AvgIpc) is 3.09. The molecule has 1 heterocycles. The summed E-state index contributed by atoms with van der Waals surface area (Å²) in [6.45, 7) is -0.427. The lowest BCUT2D eigenvalue weighted by Gasteiger charge is -2.12. The lowest BCUT2D eigenvalue weighted by molar-refractivity contribution is -0.127. The Labute approximate surface area is 218 Å². The number of imide groups is 1. The highest BCUT2D eigenvalue weighted by atomic mass is 79.9. The molecule has 0 unspecified atom stereocenters. The van der Waals surface area contributed by atoms with E-state index in [0.29, 0.717) is 27.5 Å². The maximum atomic E-state index is 12.9. The second-order valence-corrected chi connectivity index (χ2v) is 9.55. The number of benzene rings is 3. The van der Waals surface area contributed by atoms with Gasteiger partial charge < -0.3 is 10.1 Å². The summed E-state index contributed by atoms with van der Waals surface area (Å²) >= 11 is 10.1. The lowest BCUT2D eigenvalue weighted by Crippen LogP contribution is -2.36. The molecule has 35 heavy (non-hydrogen) atoms. The zero-order valence-electron chi connectivity index (χ0n) is 17.9. The van der Waals surface area contributed by atoms with Gasteiger partial charge in [0, 0.05) is 15.7 Å². The fourth-order valence-electron chi connectivity index (χ4n) is 3.15. The Morgan fingerprint density at radius 2 is 1.74 bits per heavy atom. The Kier molecular flexibility index (Phi) is 7.70. The van der Waals surface area contributed by atoms with Crippen LogP contribution in [0.15, 0.2) is 82.2 Å². The van der Waals surface area contributed by atoms with Gasteiger partial charge in [-0.25, -0.2) is 4.79 Å². The Bertz CT molecular complexity index is 1360. The second kappa shape index (κ2) is 10.9. The van der Waals surface area contributed by atoms with Gasteiger partial charge in [-0.1, -0.05) is 57.9 Å². The second-order valence-electron chi connectivity index (χ2n) is 7.23. The van der Waals surface area contributed by atoms with Crippen molar-refractivity contribution in [2.45, 2.75) is 0 Å². The van der Waals surface area contributed by atoms with E-state index in [0.717, 1.165) is 4.90 Å². The molecule has 0 aliphatic carbocycles. The predicted octanol–water partition coefficient (Wildman–Crippen LogP) is 6.00. The van der Waals surface area contributed by atoms with Crippen LogP contribution in [-0.4, -0.2) is 34.5 Å². The van der Waals surface area contributed by atoms with Gasteiger partial charge in [-0.15, -0.1) is 0 Å². The van der Waals surface area contributed by atoms with Crippen LogP contribution in [0.1, 0.15) is 15.9 Å². The summed E-state index contributed by atoms with van der Waals surface area (Å²) in [5.41, 5.74) is 1.13. The molecule has 0 spiro atoms. The predicted molar refractivity (Wildman–Crippen MR) is 138 cm³/mol. The third kappa shape index (κ3) is 6.00. The number of hydrogen-bond donors (Lipinski definition) is 1. The summed E-state index contributed by atoms with van der Waals surface area (Å²) in [7, 11) is 0. The highest BCUT2D eigenvalue weighted by Crippen LogP contribution is 2.35. The van der Waals surface area contributed by atoms with Crippen LogP contribution in [-0.2, 0) is 9.59 Å². The lowest BCUT2D eigenvalue weighted by atomic mass is 10.1. The third-order valence-corrected chi connectivity index (χ3v) is 6.52. The monoisotopic (exact) mass is 570 g/mol. The van der Waals surface area contributed by atoms with Crippen LogP contribution in [0.5, 0.6) is 5.75 Å². The topological polar surface area (TPSA) is 92.8 Å². The van der Waals surface area contributed by atoms with E-state index in [4.69, 9.17) is 16.3 Å². The van der Waals surface area contributed by atoms with E-state index in [2.05, 4.69) is 21.2 Å². The van der Waals surface area contributed by atoms with E-state index in [1.807, 2.05) is 0 Å². The number of rotatable bonds is 6. The van der Waals surface area contributed by atoms with Gasteiger partial charge in [-0.3, -0.25) is 19.3 Å². The van der Waals surface area contributed by atoms with Crippen LogP contribution in [0.3, 0.4) is 0 Å². The van der Waals surface area contributed by atoms with Gasteiger partial charge in [0.2, 0.25) is 5.91 Å². The number of amides is 3. The number of carbonyl (C=O) groups is 4. The Balaban J connectivity index is 1.53. The van der Waals surface area contributed by atoms with Crippen molar-refractivity contribution in [3.05, 3.63) is 98.3 Å². The number of ether oxygens (including phenoxy) is 1. The maximum absolute atomic E-state index is 12.9. The number of carbonyl (C=O) groups excluding carboxylic acids is 4. The van der Waals surface area contributed by atoms with Crippen molar-refractivity contribution in [2.75, 3.05) is 11.9 Å². The van der Waals surface area contributed by atoms with Crippen molar-refractivity contribution < 1.29 is 23.9 Å². The van der Waals surface area contributed by atoms with Crippen LogP contribution in [0.2, 0.25) is 5.02 Å². The molecule has 7 nitrogen and oxygen atoms in total. The highest BCUT2D eigenvalue weighted by Gasteiger charge is 2.36. The third-order valence-electron chi connectivity index (χ3n) is 4.79. The molecule has 3 aromatic rings. The van der Waals surface area contributed by atoms with E-state index >= 15 is 0 Å². The molecule has 1 aliphatic heterocycles. The number of nitrogens with one attached hydrogen (secondary N) is 1. The fraction of sp³-hybridized carbons (Fsp3) is 0.0400. The zero-order valence-corrected chi connectivity index (χ0v) is 21.0. The molecule has 0 saturated carbocycles. The number of anilines is 1. The first-order valence-corrected chi connectivity index (χ1v) is 12.2. The Morgan fingerprint density at radius 1 is 1.03 bits per heavy atom. The maximum Gasteiger partial charge on any atom is 0.345 e.